The summed E-state index contributed by atoms with van der Waals surface area (Å²) in [5, 5.41) is 6.98. The second-order valence-corrected chi connectivity index (χ2v) is 7.25. The molecule has 0 saturated heterocycles. The molecule has 1 atom stereocenters. The van der Waals surface area contributed by atoms with Crippen LogP contribution in [0.4, 0.5) is 0 Å². The molecule has 1 heterocycles. The molecule has 0 aliphatic heterocycles. The standard InChI is InChI=1S/C16H22N4O2S2/c1-4-14(21)17-11(9-10-23-3)15(22)18-19-16-20(2)12-7-5-6-8-13(12)24-16/h5-8,11H,4,9-10H2,1-3H3,(H,17,21)(H,18,22)/b19-16+. The lowest BCUT2D eigenvalue weighted by Gasteiger charge is -2.15. The van der Waals surface area contributed by atoms with E-state index < -0.39 is 6.04 Å². The first-order valence-corrected chi connectivity index (χ1v) is 9.94. The van der Waals surface area contributed by atoms with Gasteiger partial charge >= 0.3 is 0 Å². The molecule has 1 unspecified atom stereocenters. The zero-order valence-electron chi connectivity index (χ0n) is 14.0. The molecule has 0 spiro atoms. The Morgan fingerprint density at radius 1 is 1.38 bits per heavy atom. The Morgan fingerprint density at radius 3 is 2.79 bits per heavy atom. The van der Waals surface area contributed by atoms with Crippen molar-refractivity contribution in [2.75, 3.05) is 12.0 Å². The van der Waals surface area contributed by atoms with E-state index in [2.05, 4.69) is 15.8 Å². The monoisotopic (exact) mass is 366 g/mol. The highest BCUT2D eigenvalue weighted by Crippen LogP contribution is 2.14. The van der Waals surface area contributed by atoms with Crippen LogP contribution in [0.2, 0.25) is 0 Å². The van der Waals surface area contributed by atoms with E-state index in [-0.39, 0.29) is 11.8 Å². The molecule has 2 rings (SSSR count). The number of fused-ring (bicyclic) bond motifs is 1. The van der Waals surface area contributed by atoms with Gasteiger partial charge in [-0.25, -0.2) is 5.43 Å². The van der Waals surface area contributed by atoms with Gasteiger partial charge in [0.25, 0.3) is 5.91 Å². The highest BCUT2D eigenvalue weighted by Gasteiger charge is 2.19. The second-order valence-electron chi connectivity index (χ2n) is 5.25. The van der Waals surface area contributed by atoms with Gasteiger partial charge < -0.3 is 9.88 Å². The molecule has 0 aliphatic rings. The third-order valence-electron chi connectivity index (χ3n) is 3.56. The molecule has 2 N–H and O–H groups in total. The third kappa shape index (κ3) is 4.61. The molecule has 24 heavy (non-hydrogen) atoms. The number of hydrogen-bond acceptors (Lipinski definition) is 5. The summed E-state index contributed by atoms with van der Waals surface area (Å²) in [4.78, 5) is 24.7. The predicted molar refractivity (Wildman–Crippen MR) is 99.7 cm³/mol. The number of benzene rings is 1. The van der Waals surface area contributed by atoms with E-state index in [9.17, 15) is 9.59 Å². The first-order valence-electron chi connectivity index (χ1n) is 7.73. The van der Waals surface area contributed by atoms with Crippen molar-refractivity contribution in [1.82, 2.24) is 15.3 Å². The van der Waals surface area contributed by atoms with Gasteiger partial charge in [-0.05, 0) is 30.6 Å². The molecular weight excluding hydrogens is 344 g/mol. The summed E-state index contributed by atoms with van der Waals surface area (Å²) < 4.78 is 3.04. The first-order chi connectivity index (χ1) is 11.6. The third-order valence-corrected chi connectivity index (χ3v) is 5.32. The average molecular weight is 367 g/mol. The first kappa shape index (κ1) is 18.5. The van der Waals surface area contributed by atoms with E-state index in [1.807, 2.05) is 42.1 Å². The number of nitrogens with one attached hydrogen (secondary N) is 2. The van der Waals surface area contributed by atoms with E-state index in [1.165, 1.54) is 11.3 Å². The molecule has 1 aromatic carbocycles. The van der Waals surface area contributed by atoms with E-state index >= 15 is 0 Å². The minimum Gasteiger partial charge on any atom is -0.344 e. The van der Waals surface area contributed by atoms with Crippen molar-refractivity contribution in [1.29, 1.82) is 0 Å². The summed E-state index contributed by atoms with van der Waals surface area (Å²) in [6.07, 6.45) is 2.90. The maximum Gasteiger partial charge on any atom is 0.262 e. The van der Waals surface area contributed by atoms with E-state index in [1.54, 1.807) is 18.7 Å². The summed E-state index contributed by atoms with van der Waals surface area (Å²) in [7, 11) is 1.91. The molecule has 2 amide bonds. The summed E-state index contributed by atoms with van der Waals surface area (Å²) >= 11 is 3.14. The summed E-state index contributed by atoms with van der Waals surface area (Å²) in [6, 6.07) is 7.41. The van der Waals surface area contributed by atoms with Gasteiger partial charge in [0.15, 0.2) is 0 Å². The van der Waals surface area contributed by atoms with Gasteiger partial charge in [0, 0.05) is 13.5 Å². The highest BCUT2D eigenvalue weighted by molar-refractivity contribution is 7.98. The number of thiazole rings is 1. The Labute approximate surface area is 149 Å². The van der Waals surface area contributed by atoms with Gasteiger partial charge in [0.05, 0.1) is 10.2 Å². The SMILES string of the molecule is CCC(=O)NC(CCSC)C(=O)N/N=c1/sc2ccccc2n1C. The Balaban J connectivity index is 2.15. The van der Waals surface area contributed by atoms with Gasteiger partial charge in [0.1, 0.15) is 6.04 Å². The van der Waals surface area contributed by atoms with Crippen LogP contribution in [0.3, 0.4) is 0 Å². The molecule has 6 nitrogen and oxygen atoms in total. The minimum atomic E-state index is -0.562. The largest absolute Gasteiger partial charge is 0.344 e. The van der Waals surface area contributed by atoms with Crippen LogP contribution in [0, 0.1) is 0 Å². The number of carbonyl (C=O) groups is 2. The van der Waals surface area contributed by atoms with Crippen molar-refractivity contribution in [3.63, 3.8) is 0 Å². The fourth-order valence-electron chi connectivity index (χ4n) is 2.17. The van der Waals surface area contributed by atoms with Crippen LogP contribution in [-0.2, 0) is 16.6 Å². The van der Waals surface area contributed by atoms with Crippen molar-refractivity contribution in [2.45, 2.75) is 25.8 Å². The smallest absolute Gasteiger partial charge is 0.262 e. The Morgan fingerprint density at radius 2 is 2.12 bits per heavy atom. The second kappa shape index (κ2) is 8.89. The lowest BCUT2D eigenvalue weighted by atomic mass is 10.2. The van der Waals surface area contributed by atoms with Crippen molar-refractivity contribution in [3.05, 3.63) is 29.1 Å². The Hall–Kier alpha value is -1.80. The molecule has 0 aliphatic carbocycles. The van der Waals surface area contributed by atoms with Gasteiger partial charge in [-0.3, -0.25) is 9.59 Å². The lowest BCUT2D eigenvalue weighted by Crippen LogP contribution is -2.46. The molecule has 0 fully saturated rings. The number of aromatic nitrogens is 1. The van der Waals surface area contributed by atoms with Crippen LogP contribution in [0.15, 0.2) is 29.4 Å². The van der Waals surface area contributed by atoms with Crippen LogP contribution in [0.1, 0.15) is 19.8 Å². The summed E-state index contributed by atoms with van der Waals surface area (Å²) in [6.45, 7) is 1.76. The number of para-hydroxylation sites is 1. The fourth-order valence-corrected chi connectivity index (χ4v) is 3.62. The summed E-state index contributed by atoms with van der Waals surface area (Å²) in [5.41, 5.74) is 3.65. The minimum absolute atomic E-state index is 0.135. The van der Waals surface area contributed by atoms with Gasteiger partial charge in [0.2, 0.25) is 10.7 Å². The fraction of sp³-hybridized carbons (Fsp3) is 0.438. The van der Waals surface area contributed by atoms with Crippen molar-refractivity contribution >= 4 is 45.1 Å². The van der Waals surface area contributed by atoms with E-state index in [0.29, 0.717) is 17.6 Å². The quantitative estimate of drug-likeness (QED) is 0.734. The lowest BCUT2D eigenvalue weighted by molar-refractivity contribution is -0.128. The number of rotatable bonds is 7. The van der Waals surface area contributed by atoms with Gasteiger partial charge in [-0.1, -0.05) is 30.4 Å². The van der Waals surface area contributed by atoms with Crippen LogP contribution >= 0.6 is 23.1 Å². The molecule has 1 aromatic heterocycles. The zero-order valence-corrected chi connectivity index (χ0v) is 15.7. The maximum atomic E-state index is 12.4. The zero-order chi connectivity index (χ0) is 17.5. The Bertz CT molecular complexity index is 782. The number of carbonyl (C=O) groups excluding carboxylic acids is 2. The van der Waals surface area contributed by atoms with Crippen LogP contribution in [0.25, 0.3) is 10.2 Å². The highest BCUT2D eigenvalue weighted by atomic mass is 32.2. The van der Waals surface area contributed by atoms with Crippen LogP contribution in [0.5, 0.6) is 0 Å². The molecule has 0 saturated carbocycles. The van der Waals surface area contributed by atoms with Gasteiger partial charge in [-0.2, -0.15) is 11.8 Å². The number of amides is 2. The normalized spacial score (nSPS) is 13.0. The molecule has 2 aromatic rings. The molecular formula is C16H22N4O2S2. The summed E-state index contributed by atoms with van der Waals surface area (Å²) in [5.74, 6) is 0.366. The van der Waals surface area contributed by atoms with Crippen molar-refractivity contribution < 1.29 is 9.59 Å². The molecule has 0 radical (unpaired) electrons. The average Bonchev–Trinajstić information content (AvgIpc) is 2.92. The number of nitrogens with zero attached hydrogens (tertiary/aromatic N) is 2. The number of aryl methyl sites for hydroxylation is 1. The number of thioether (sulfide) groups is 1. The maximum absolute atomic E-state index is 12.4. The molecule has 130 valence electrons. The predicted octanol–water partition coefficient (Wildman–Crippen LogP) is 1.82. The topological polar surface area (TPSA) is 75.5 Å². The van der Waals surface area contributed by atoms with Crippen molar-refractivity contribution in [3.8, 4) is 0 Å². The van der Waals surface area contributed by atoms with Crippen LogP contribution < -0.4 is 15.5 Å². The number of hydrogen-bond donors (Lipinski definition) is 2. The Kier molecular flexibility index (Phi) is 6.86. The van der Waals surface area contributed by atoms with Crippen molar-refractivity contribution in [2.24, 2.45) is 12.1 Å². The van der Waals surface area contributed by atoms with Crippen LogP contribution in [-0.4, -0.2) is 34.4 Å². The van der Waals surface area contributed by atoms with E-state index in [0.717, 1.165) is 16.0 Å². The van der Waals surface area contributed by atoms with E-state index in [4.69, 9.17) is 0 Å². The molecule has 0 bridgehead atoms. The molecule has 8 heteroatoms. The van der Waals surface area contributed by atoms with Gasteiger partial charge in [-0.15, -0.1) is 5.10 Å².